The Kier molecular flexibility index (Phi) is 10.3. The molecule has 8 nitrogen and oxygen atoms in total. The van der Waals surface area contributed by atoms with Crippen molar-refractivity contribution in [3.63, 3.8) is 0 Å². The summed E-state index contributed by atoms with van der Waals surface area (Å²) in [6.45, 7) is 5.12. The fraction of sp³-hybridized carbons (Fsp3) is 0.394. The average Bonchev–Trinajstić information content (AvgIpc) is 2.98. The van der Waals surface area contributed by atoms with Gasteiger partial charge in [-0.15, -0.1) is 0 Å². The lowest BCUT2D eigenvalue weighted by Crippen LogP contribution is -2.53. The van der Waals surface area contributed by atoms with Crippen LogP contribution in [0.4, 0.5) is 5.69 Å². The van der Waals surface area contributed by atoms with Crippen molar-refractivity contribution in [2.24, 2.45) is 0 Å². The number of benzene rings is 3. The quantitative estimate of drug-likeness (QED) is 0.323. The predicted molar refractivity (Wildman–Crippen MR) is 165 cm³/mol. The van der Waals surface area contributed by atoms with E-state index in [0.717, 1.165) is 53.1 Å². The van der Waals surface area contributed by atoms with E-state index in [2.05, 4.69) is 5.32 Å². The Bertz CT molecular complexity index is 1470. The van der Waals surface area contributed by atoms with Crippen molar-refractivity contribution in [3.05, 3.63) is 89.5 Å². The zero-order valence-electron chi connectivity index (χ0n) is 24.9. The maximum absolute atomic E-state index is 14.2. The molecule has 0 bridgehead atoms. The maximum Gasteiger partial charge on any atom is 0.264 e. The van der Waals surface area contributed by atoms with Gasteiger partial charge in [-0.3, -0.25) is 13.9 Å². The SMILES string of the molecule is COc1cccc(CN(C(=O)CN(c2cc(C)cc(C)c2)S(=O)(=O)c2ccccc2)[C@@H](C)C(=O)NC2CCCCC2)c1. The van der Waals surface area contributed by atoms with Gasteiger partial charge in [0.1, 0.15) is 18.3 Å². The van der Waals surface area contributed by atoms with Gasteiger partial charge in [0.15, 0.2) is 0 Å². The van der Waals surface area contributed by atoms with Crippen LogP contribution in [0.5, 0.6) is 5.75 Å². The van der Waals surface area contributed by atoms with Gasteiger partial charge in [0, 0.05) is 12.6 Å². The minimum atomic E-state index is -4.10. The molecule has 3 aromatic rings. The van der Waals surface area contributed by atoms with Crippen molar-refractivity contribution in [3.8, 4) is 5.75 Å². The molecule has 224 valence electrons. The number of ether oxygens (including phenoxy) is 1. The van der Waals surface area contributed by atoms with Gasteiger partial charge in [0.05, 0.1) is 17.7 Å². The summed E-state index contributed by atoms with van der Waals surface area (Å²) in [6.07, 6.45) is 5.12. The molecule has 2 amide bonds. The van der Waals surface area contributed by atoms with Gasteiger partial charge >= 0.3 is 0 Å². The zero-order valence-corrected chi connectivity index (χ0v) is 25.7. The molecule has 1 N–H and O–H groups in total. The first kappa shape index (κ1) is 31.1. The number of hydrogen-bond acceptors (Lipinski definition) is 5. The number of hydrogen-bond donors (Lipinski definition) is 1. The number of anilines is 1. The summed E-state index contributed by atoms with van der Waals surface area (Å²) in [7, 11) is -2.54. The standard InChI is InChI=1S/C33H41N3O5S/c1-24-18-25(2)20-29(19-24)36(42(39,40)31-16-9-6-10-17-31)23-32(37)35(22-27-12-11-15-30(21-27)41-4)26(3)33(38)34-28-13-7-5-8-14-28/h6,9-12,15-21,26,28H,5,7-8,13-14,22-23H2,1-4H3,(H,34,38)/t26-/m0/s1. The molecule has 1 aliphatic carbocycles. The van der Waals surface area contributed by atoms with Crippen LogP contribution in [-0.4, -0.2) is 50.9 Å². The molecule has 9 heteroatoms. The largest absolute Gasteiger partial charge is 0.497 e. The maximum atomic E-state index is 14.2. The number of rotatable bonds is 11. The Morgan fingerprint density at radius 2 is 1.60 bits per heavy atom. The van der Waals surface area contributed by atoms with E-state index in [0.29, 0.717) is 11.4 Å². The second-order valence-corrected chi connectivity index (χ2v) is 12.9. The minimum absolute atomic E-state index is 0.0766. The molecular formula is C33H41N3O5S. The van der Waals surface area contributed by atoms with Crippen molar-refractivity contribution in [1.29, 1.82) is 0 Å². The number of carbonyl (C=O) groups excluding carboxylic acids is 2. The van der Waals surface area contributed by atoms with Crippen LogP contribution in [0.25, 0.3) is 0 Å². The van der Waals surface area contributed by atoms with Gasteiger partial charge in [-0.2, -0.15) is 0 Å². The Morgan fingerprint density at radius 1 is 0.929 bits per heavy atom. The minimum Gasteiger partial charge on any atom is -0.497 e. The molecule has 0 radical (unpaired) electrons. The van der Waals surface area contributed by atoms with E-state index in [1.54, 1.807) is 44.4 Å². The average molecular weight is 592 g/mol. The summed E-state index contributed by atoms with van der Waals surface area (Å²) in [5.41, 5.74) is 2.91. The highest BCUT2D eigenvalue weighted by Crippen LogP contribution is 2.27. The van der Waals surface area contributed by atoms with Crippen LogP contribution in [0.1, 0.15) is 55.7 Å². The Morgan fingerprint density at radius 3 is 2.24 bits per heavy atom. The Labute approximate surface area is 249 Å². The topological polar surface area (TPSA) is 96.0 Å². The van der Waals surface area contributed by atoms with E-state index in [4.69, 9.17) is 4.74 Å². The van der Waals surface area contributed by atoms with E-state index in [9.17, 15) is 18.0 Å². The lowest BCUT2D eigenvalue weighted by atomic mass is 9.95. The molecule has 0 saturated heterocycles. The molecule has 42 heavy (non-hydrogen) atoms. The van der Waals surface area contributed by atoms with Gasteiger partial charge in [-0.25, -0.2) is 8.42 Å². The van der Waals surface area contributed by atoms with E-state index < -0.39 is 28.5 Å². The molecule has 0 spiro atoms. The smallest absolute Gasteiger partial charge is 0.264 e. The van der Waals surface area contributed by atoms with E-state index in [1.165, 1.54) is 17.0 Å². The van der Waals surface area contributed by atoms with Crippen molar-refractivity contribution in [1.82, 2.24) is 10.2 Å². The van der Waals surface area contributed by atoms with Crippen molar-refractivity contribution in [2.75, 3.05) is 18.0 Å². The number of methoxy groups -OCH3 is 1. The third-order valence-corrected chi connectivity index (χ3v) is 9.50. The second kappa shape index (κ2) is 13.9. The number of aryl methyl sites for hydroxylation is 2. The van der Waals surface area contributed by atoms with Crippen LogP contribution in [0.15, 0.2) is 77.7 Å². The van der Waals surface area contributed by atoms with Crippen molar-refractivity contribution < 1.29 is 22.7 Å². The summed E-state index contributed by atoms with van der Waals surface area (Å²) < 4.78 is 34.5. The number of carbonyl (C=O) groups is 2. The summed E-state index contributed by atoms with van der Waals surface area (Å²) in [5, 5.41) is 3.13. The Balaban J connectivity index is 1.70. The van der Waals surface area contributed by atoms with Gasteiger partial charge in [-0.05, 0) is 86.7 Å². The summed E-state index contributed by atoms with van der Waals surface area (Å²) >= 11 is 0. The molecule has 1 saturated carbocycles. The van der Waals surface area contributed by atoms with Crippen LogP contribution in [0.2, 0.25) is 0 Å². The highest BCUT2D eigenvalue weighted by atomic mass is 32.2. The first-order valence-electron chi connectivity index (χ1n) is 14.5. The van der Waals surface area contributed by atoms with E-state index in [-0.39, 0.29) is 23.4 Å². The molecule has 0 aromatic heterocycles. The fourth-order valence-corrected chi connectivity index (χ4v) is 6.88. The summed E-state index contributed by atoms with van der Waals surface area (Å²) in [4.78, 5) is 29.2. The molecule has 1 aliphatic rings. The van der Waals surface area contributed by atoms with Crippen LogP contribution >= 0.6 is 0 Å². The van der Waals surface area contributed by atoms with Crippen LogP contribution in [-0.2, 0) is 26.2 Å². The van der Waals surface area contributed by atoms with Gasteiger partial charge in [0.25, 0.3) is 10.0 Å². The van der Waals surface area contributed by atoms with Gasteiger partial charge in [-0.1, -0.05) is 55.7 Å². The predicted octanol–water partition coefficient (Wildman–Crippen LogP) is 5.37. The lowest BCUT2D eigenvalue weighted by molar-refractivity contribution is -0.139. The third kappa shape index (κ3) is 7.70. The summed E-state index contributed by atoms with van der Waals surface area (Å²) in [5.74, 6) is -0.104. The monoisotopic (exact) mass is 591 g/mol. The van der Waals surface area contributed by atoms with Crippen LogP contribution < -0.4 is 14.4 Å². The number of nitrogens with zero attached hydrogens (tertiary/aromatic N) is 2. The van der Waals surface area contributed by atoms with E-state index in [1.807, 2.05) is 44.2 Å². The molecule has 0 unspecified atom stereocenters. The summed E-state index contributed by atoms with van der Waals surface area (Å²) in [6, 6.07) is 20.1. The Hall–Kier alpha value is -3.85. The lowest BCUT2D eigenvalue weighted by Gasteiger charge is -2.33. The molecule has 1 atom stereocenters. The van der Waals surface area contributed by atoms with Gasteiger partial charge < -0.3 is 15.0 Å². The highest BCUT2D eigenvalue weighted by Gasteiger charge is 2.33. The first-order chi connectivity index (χ1) is 20.1. The molecule has 4 rings (SSSR count). The van der Waals surface area contributed by atoms with Gasteiger partial charge in [0.2, 0.25) is 11.8 Å². The molecule has 0 heterocycles. The molecule has 3 aromatic carbocycles. The molecule has 1 fully saturated rings. The zero-order chi connectivity index (χ0) is 30.3. The number of sulfonamides is 1. The first-order valence-corrected chi connectivity index (χ1v) is 15.9. The molecule has 0 aliphatic heterocycles. The molecular weight excluding hydrogens is 550 g/mol. The number of nitrogens with one attached hydrogen (secondary N) is 1. The van der Waals surface area contributed by atoms with Crippen LogP contribution in [0, 0.1) is 13.8 Å². The fourth-order valence-electron chi connectivity index (χ4n) is 5.46. The normalized spacial score (nSPS) is 14.6. The van der Waals surface area contributed by atoms with E-state index >= 15 is 0 Å². The van der Waals surface area contributed by atoms with Crippen LogP contribution in [0.3, 0.4) is 0 Å². The van der Waals surface area contributed by atoms with Crippen molar-refractivity contribution >= 4 is 27.5 Å². The second-order valence-electron chi connectivity index (χ2n) is 11.1. The highest BCUT2D eigenvalue weighted by molar-refractivity contribution is 7.92. The number of amides is 2. The van der Waals surface area contributed by atoms with Crippen molar-refractivity contribution in [2.45, 2.75) is 76.4 Å². The third-order valence-electron chi connectivity index (χ3n) is 7.71.